The minimum Gasteiger partial charge on any atom is -0.462 e. The molecule has 4 unspecified atom stereocenters. The molecule has 5 nitrogen and oxygen atoms in total. The van der Waals surface area contributed by atoms with Crippen molar-refractivity contribution >= 4 is 26.4 Å². The Morgan fingerprint density at radius 1 is 0.721 bits per heavy atom. The molecular formula is C32H34F4O5S2. The summed E-state index contributed by atoms with van der Waals surface area (Å²) in [6.45, 7) is 4.81. The van der Waals surface area contributed by atoms with Gasteiger partial charge in [0.25, 0.3) is 0 Å². The fourth-order valence-electron chi connectivity index (χ4n) is 6.07. The third-order valence-corrected chi connectivity index (χ3v) is 13.4. The summed E-state index contributed by atoms with van der Waals surface area (Å²) in [5.74, 6) is -9.15. The van der Waals surface area contributed by atoms with Crippen molar-refractivity contribution in [2.75, 3.05) is 0 Å². The van der Waals surface area contributed by atoms with E-state index in [0.29, 0.717) is 0 Å². The van der Waals surface area contributed by atoms with Gasteiger partial charge in [-0.1, -0.05) is 54.6 Å². The third kappa shape index (κ3) is 5.48. The molecule has 2 aliphatic rings. The van der Waals surface area contributed by atoms with Crippen molar-refractivity contribution in [3.05, 3.63) is 91.0 Å². The number of ether oxygens (including phenoxy) is 1. The average Bonchev–Trinajstić information content (AvgIpc) is 3.58. The zero-order valence-corrected chi connectivity index (χ0v) is 25.6. The van der Waals surface area contributed by atoms with E-state index in [9.17, 15) is 13.2 Å². The van der Waals surface area contributed by atoms with Gasteiger partial charge in [-0.15, -0.1) is 0 Å². The third-order valence-electron chi connectivity index (χ3n) is 8.21. The van der Waals surface area contributed by atoms with E-state index in [-0.39, 0.29) is 39.9 Å². The highest BCUT2D eigenvalue weighted by Gasteiger charge is 2.74. The van der Waals surface area contributed by atoms with Gasteiger partial charge < -0.3 is 4.74 Å². The lowest BCUT2D eigenvalue weighted by molar-refractivity contribution is -0.212. The highest BCUT2D eigenvalue weighted by atomic mass is 32.3. The van der Waals surface area contributed by atoms with Crippen molar-refractivity contribution in [2.45, 2.75) is 72.0 Å². The van der Waals surface area contributed by atoms with E-state index in [1.165, 1.54) is 36.4 Å². The van der Waals surface area contributed by atoms with Gasteiger partial charge >= 0.3 is 27.3 Å². The van der Waals surface area contributed by atoms with Gasteiger partial charge in [-0.25, -0.2) is 3.63 Å². The van der Waals surface area contributed by atoms with Crippen LogP contribution in [0.1, 0.15) is 40.0 Å². The molecule has 0 saturated heterocycles. The number of alkyl halides is 4. The molecule has 3 aromatic rings. The molecule has 3 aromatic carbocycles. The van der Waals surface area contributed by atoms with Crippen LogP contribution in [0.5, 0.6) is 0 Å². The SMILES string of the molecule is CC(C)(C)C(=O)OC1CC2CC1C(C(F)(F)C(F)(F)S(=O)(=O)OS(c1ccccc1)(c1ccccc1)c1ccccc1)C2. The lowest BCUT2D eigenvalue weighted by Gasteiger charge is -2.42. The van der Waals surface area contributed by atoms with Gasteiger partial charge in [-0.3, -0.25) is 4.79 Å². The molecule has 2 saturated carbocycles. The Bertz CT molecular complexity index is 1450. The second kappa shape index (κ2) is 11.2. The number of carbonyl (C=O) groups is 1. The van der Waals surface area contributed by atoms with Crippen LogP contribution in [-0.2, 0) is 23.3 Å². The van der Waals surface area contributed by atoms with Crippen molar-refractivity contribution in [3.63, 3.8) is 0 Å². The summed E-state index contributed by atoms with van der Waals surface area (Å²) in [5.41, 5.74) is -0.917. The first-order valence-electron chi connectivity index (χ1n) is 14.0. The molecule has 232 valence electrons. The molecule has 0 aromatic heterocycles. The van der Waals surface area contributed by atoms with Crippen molar-refractivity contribution in [1.82, 2.24) is 0 Å². The monoisotopic (exact) mass is 638 g/mol. The Kier molecular flexibility index (Phi) is 8.24. The first kappa shape index (κ1) is 31.5. The number of benzene rings is 3. The van der Waals surface area contributed by atoms with E-state index in [4.69, 9.17) is 8.37 Å². The molecule has 43 heavy (non-hydrogen) atoms. The maximum Gasteiger partial charge on any atom is 0.432 e. The smallest absolute Gasteiger partial charge is 0.432 e. The molecule has 2 aliphatic carbocycles. The van der Waals surface area contributed by atoms with Crippen LogP contribution in [0.15, 0.2) is 106 Å². The van der Waals surface area contributed by atoms with Crippen LogP contribution in [0, 0.1) is 23.2 Å². The molecule has 11 heteroatoms. The molecule has 0 heterocycles. The second-order valence-electron chi connectivity index (χ2n) is 12.2. The van der Waals surface area contributed by atoms with Crippen molar-refractivity contribution in [2.24, 2.45) is 23.2 Å². The highest BCUT2D eigenvalue weighted by molar-refractivity contribution is 8.33. The maximum atomic E-state index is 16.1. The molecule has 0 radical (unpaired) electrons. The van der Waals surface area contributed by atoms with Crippen LogP contribution in [0.2, 0.25) is 0 Å². The topological polar surface area (TPSA) is 69.7 Å². The first-order chi connectivity index (χ1) is 20.1. The quantitative estimate of drug-likeness (QED) is 0.174. The summed E-state index contributed by atoms with van der Waals surface area (Å²) in [6.07, 6.45) is -0.882. The number of carbonyl (C=O) groups excluding carboxylic acids is 1. The average molecular weight is 639 g/mol. The van der Waals surface area contributed by atoms with Gasteiger partial charge in [0, 0.05) is 26.5 Å². The van der Waals surface area contributed by atoms with Crippen molar-refractivity contribution < 1.29 is 39.1 Å². The van der Waals surface area contributed by atoms with E-state index >= 15 is 17.6 Å². The fourth-order valence-corrected chi connectivity index (χ4v) is 11.4. The predicted octanol–water partition coefficient (Wildman–Crippen LogP) is 8.46. The molecular weight excluding hydrogens is 604 g/mol. The van der Waals surface area contributed by atoms with E-state index in [0.717, 1.165) is 0 Å². The summed E-state index contributed by atoms with van der Waals surface area (Å²) in [4.78, 5) is 13.2. The van der Waals surface area contributed by atoms with Crippen molar-refractivity contribution in [3.8, 4) is 0 Å². The molecule has 0 spiro atoms. The van der Waals surface area contributed by atoms with E-state index in [1.54, 1.807) is 75.4 Å². The van der Waals surface area contributed by atoms with Gasteiger partial charge in [-0.05, 0) is 92.7 Å². The van der Waals surface area contributed by atoms with Crippen LogP contribution in [0.3, 0.4) is 0 Å². The lowest BCUT2D eigenvalue weighted by Crippen LogP contribution is -2.55. The normalized spacial score (nSPS) is 23.2. The van der Waals surface area contributed by atoms with Crippen LogP contribution in [-0.4, -0.2) is 31.7 Å². The molecule has 0 N–H and O–H groups in total. The van der Waals surface area contributed by atoms with E-state index in [1.807, 2.05) is 0 Å². The number of halogens is 4. The van der Waals surface area contributed by atoms with E-state index < -0.39 is 60.9 Å². The zero-order valence-electron chi connectivity index (χ0n) is 24.0. The van der Waals surface area contributed by atoms with Gasteiger partial charge in [0.2, 0.25) is 0 Å². The van der Waals surface area contributed by atoms with Gasteiger partial charge in [-0.2, -0.15) is 26.0 Å². The second-order valence-corrected chi connectivity index (χ2v) is 16.7. The Labute approximate surface area is 251 Å². The summed E-state index contributed by atoms with van der Waals surface area (Å²) < 4.78 is 103. The summed E-state index contributed by atoms with van der Waals surface area (Å²) in [5, 5.41) is -5.59. The first-order valence-corrected chi connectivity index (χ1v) is 17.0. The highest BCUT2D eigenvalue weighted by Crippen LogP contribution is 2.71. The largest absolute Gasteiger partial charge is 0.462 e. The fraction of sp³-hybridized carbons (Fsp3) is 0.406. The van der Waals surface area contributed by atoms with Crippen LogP contribution >= 0.6 is 10.3 Å². The number of hydrogen-bond acceptors (Lipinski definition) is 5. The molecule has 2 bridgehead atoms. The predicted molar refractivity (Wildman–Crippen MR) is 155 cm³/mol. The molecule has 5 rings (SSSR count). The minimum absolute atomic E-state index is 0.145. The van der Waals surface area contributed by atoms with Crippen LogP contribution in [0.4, 0.5) is 17.6 Å². The number of esters is 1. The molecule has 0 amide bonds. The van der Waals surface area contributed by atoms with Gasteiger partial charge in [0.15, 0.2) is 0 Å². The lowest BCUT2D eigenvalue weighted by atomic mass is 9.82. The molecule has 0 aliphatic heterocycles. The number of hydrogen-bond donors (Lipinski definition) is 0. The molecule has 2 fully saturated rings. The Morgan fingerprint density at radius 3 is 1.56 bits per heavy atom. The van der Waals surface area contributed by atoms with Gasteiger partial charge in [0.05, 0.1) is 5.41 Å². The van der Waals surface area contributed by atoms with Gasteiger partial charge in [0.1, 0.15) is 6.10 Å². The van der Waals surface area contributed by atoms with Crippen LogP contribution < -0.4 is 0 Å². The summed E-state index contributed by atoms with van der Waals surface area (Å²) in [6, 6.07) is 23.8. The Balaban J connectivity index is 1.56. The Morgan fingerprint density at radius 2 is 1.16 bits per heavy atom. The number of fused-ring (bicyclic) bond motifs is 2. The summed E-state index contributed by atoms with van der Waals surface area (Å²) >= 11 is 0. The zero-order chi connectivity index (χ0) is 31.3. The maximum absolute atomic E-state index is 16.1. The van der Waals surface area contributed by atoms with Crippen LogP contribution in [0.25, 0.3) is 0 Å². The Hall–Kier alpha value is -2.89. The molecule has 4 atom stereocenters. The van der Waals surface area contributed by atoms with Crippen molar-refractivity contribution in [1.29, 1.82) is 0 Å². The van der Waals surface area contributed by atoms with E-state index in [2.05, 4.69) is 0 Å². The summed E-state index contributed by atoms with van der Waals surface area (Å²) in [7, 11) is -9.77. The number of rotatable bonds is 9. The standard InChI is InChI=1S/C32H34F4O5S2/c1-30(2,3)29(37)40-28-21-22-19-26(28)27(20-22)31(33,34)32(35,36)43(38,39)41-42(23-13-7-4-8-14-23,24-15-9-5-10-16-24)25-17-11-6-12-18-25/h4-18,22,26-28H,19-21H2,1-3H3. The minimum atomic E-state index is -6.29.